The van der Waals surface area contributed by atoms with Crippen molar-refractivity contribution in [3.63, 3.8) is 0 Å². The largest absolute Gasteiger partial charge is 0.350 e. The van der Waals surface area contributed by atoms with E-state index in [0.717, 1.165) is 10.2 Å². The average molecular weight is 551 g/mol. The molecule has 2 aromatic carbocycles. The smallest absolute Gasteiger partial charge is 0.267 e. The van der Waals surface area contributed by atoms with Gasteiger partial charge in [0.1, 0.15) is 17.3 Å². The summed E-state index contributed by atoms with van der Waals surface area (Å²) >= 11 is 3.48. The minimum atomic E-state index is -0.897. The van der Waals surface area contributed by atoms with Crippen molar-refractivity contribution < 1.29 is 18.4 Å². The first-order valence-corrected chi connectivity index (χ1v) is 11.2. The summed E-state index contributed by atoms with van der Waals surface area (Å²) in [6, 6.07) is 12.8. The summed E-state index contributed by atoms with van der Waals surface area (Å²) in [6.45, 7) is -0.0796. The predicted octanol–water partition coefficient (Wildman–Crippen LogP) is 5.01. The second kappa shape index (κ2) is 9.15. The summed E-state index contributed by atoms with van der Waals surface area (Å²) in [5.74, 6) is -2.30. The summed E-state index contributed by atoms with van der Waals surface area (Å²) in [6.07, 6.45) is 0. The number of fused-ring (bicyclic) bond motifs is 1. The molecule has 158 valence electrons. The van der Waals surface area contributed by atoms with Crippen LogP contribution < -0.4 is 10.6 Å². The van der Waals surface area contributed by atoms with Crippen molar-refractivity contribution in [2.75, 3.05) is 6.54 Å². The van der Waals surface area contributed by atoms with Gasteiger partial charge in [-0.05, 0) is 64.4 Å². The Bertz CT molecular complexity index is 1240. The number of nitrogens with one attached hydrogen (secondary N) is 3. The van der Waals surface area contributed by atoms with Crippen LogP contribution in [0.4, 0.5) is 8.78 Å². The van der Waals surface area contributed by atoms with Gasteiger partial charge >= 0.3 is 0 Å². The lowest BCUT2D eigenvalue weighted by atomic mass is 10.0. The highest BCUT2D eigenvalue weighted by Gasteiger charge is 2.22. The molecule has 0 radical (unpaired) electrons. The van der Waals surface area contributed by atoms with Crippen LogP contribution in [0, 0.1) is 15.2 Å². The van der Waals surface area contributed by atoms with Crippen LogP contribution in [0.3, 0.4) is 0 Å². The molecule has 2 aromatic heterocycles. The molecule has 0 bridgehead atoms. The van der Waals surface area contributed by atoms with Crippen LogP contribution in [0.15, 0.2) is 60.0 Å². The number of rotatable bonds is 6. The first kappa shape index (κ1) is 21.4. The van der Waals surface area contributed by atoms with Crippen molar-refractivity contribution in [2.45, 2.75) is 6.04 Å². The van der Waals surface area contributed by atoms with E-state index in [1.807, 2.05) is 34.0 Å². The Morgan fingerprint density at radius 1 is 1.03 bits per heavy atom. The number of H-pyrrole nitrogens is 1. The molecule has 0 aliphatic rings. The minimum Gasteiger partial charge on any atom is -0.350 e. The molecule has 1 atom stereocenters. The molecule has 0 aliphatic carbocycles. The van der Waals surface area contributed by atoms with Crippen LogP contribution in [-0.2, 0) is 0 Å². The third-order valence-corrected chi connectivity index (χ3v) is 6.25. The summed E-state index contributed by atoms with van der Waals surface area (Å²) in [4.78, 5) is 28.3. The zero-order valence-corrected chi connectivity index (χ0v) is 18.9. The number of benzene rings is 2. The molecule has 0 aliphatic heterocycles. The van der Waals surface area contributed by atoms with Gasteiger partial charge in [0.05, 0.1) is 21.8 Å². The molecular weight excluding hydrogens is 535 g/mol. The van der Waals surface area contributed by atoms with Gasteiger partial charge in [0.15, 0.2) is 0 Å². The third-order valence-electron chi connectivity index (χ3n) is 4.71. The van der Waals surface area contributed by atoms with Gasteiger partial charge in [0.2, 0.25) is 0 Å². The zero-order chi connectivity index (χ0) is 22.0. The minimum absolute atomic E-state index is 0.0796. The average Bonchev–Trinajstić information content (AvgIpc) is 3.35. The lowest BCUT2D eigenvalue weighted by Gasteiger charge is -2.20. The topological polar surface area (TPSA) is 74.0 Å². The first-order valence-electron chi connectivity index (χ1n) is 9.27. The number of amides is 2. The van der Waals surface area contributed by atoms with Crippen molar-refractivity contribution >= 4 is 56.0 Å². The van der Waals surface area contributed by atoms with E-state index in [4.69, 9.17) is 0 Å². The van der Waals surface area contributed by atoms with Gasteiger partial charge in [-0.3, -0.25) is 9.59 Å². The lowest BCUT2D eigenvalue weighted by molar-refractivity contribution is 0.0903. The fourth-order valence-electron chi connectivity index (χ4n) is 3.16. The van der Waals surface area contributed by atoms with Crippen LogP contribution >= 0.6 is 33.9 Å². The maximum Gasteiger partial charge on any atom is 0.267 e. The number of thiophene rings is 1. The lowest BCUT2D eigenvalue weighted by Crippen LogP contribution is -2.38. The van der Waals surface area contributed by atoms with Crippen molar-refractivity contribution in [1.82, 2.24) is 15.6 Å². The number of halogens is 3. The summed E-state index contributed by atoms with van der Waals surface area (Å²) in [5, 5.41) is 7.27. The normalized spacial score (nSPS) is 12.0. The number of aromatic nitrogens is 1. The van der Waals surface area contributed by atoms with E-state index < -0.39 is 23.6 Å². The molecule has 4 aromatic rings. The molecular formula is C22H16F2IN3O2S. The molecule has 1 unspecified atom stereocenters. The summed E-state index contributed by atoms with van der Waals surface area (Å²) in [7, 11) is 0. The molecule has 3 N–H and O–H groups in total. The van der Waals surface area contributed by atoms with Gasteiger partial charge in [0.25, 0.3) is 11.8 Å². The van der Waals surface area contributed by atoms with Crippen LogP contribution in [-0.4, -0.2) is 23.3 Å². The van der Waals surface area contributed by atoms with Crippen LogP contribution in [0.5, 0.6) is 0 Å². The number of hydrogen-bond acceptors (Lipinski definition) is 3. The molecule has 0 fully saturated rings. The molecule has 4 rings (SSSR count). The number of carbonyl (C=O) groups is 2. The number of carbonyl (C=O) groups excluding carboxylic acids is 2. The third kappa shape index (κ3) is 4.77. The van der Waals surface area contributed by atoms with E-state index in [-0.39, 0.29) is 23.6 Å². The monoisotopic (exact) mass is 551 g/mol. The Morgan fingerprint density at radius 3 is 2.61 bits per heavy atom. The van der Waals surface area contributed by atoms with Crippen LogP contribution in [0.1, 0.15) is 32.5 Å². The van der Waals surface area contributed by atoms with E-state index in [2.05, 4.69) is 15.6 Å². The van der Waals surface area contributed by atoms with Gasteiger partial charge in [-0.25, -0.2) is 8.78 Å². The Balaban J connectivity index is 1.55. The van der Waals surface area contributed by atoms with E-state index in [9.17, 15) is 18.4 Å². The molecule has 0 saturated carbocycles. The highest BCUT2D eigenvalue weighted by Crippen LogP contribution is 2.22. The summed E-state index contributed by atoms with van der Waals surface area (Å²) in [5.41, 5.74) is 1.26. The predicted molar refractivity (Wildman–Crippen MR) is 124 cm³/mol. The quantitative estimate of drug-likeness (QED) is 0.295. The van der Waals surface area contributed by atoms with Gasteiger partial charge in [-0.1, -0.05) is 18.2 Å². The molecule has 5 nitrogen and oxygen atoms in total. The SMILES string of the molecule is O=C(NCC(NC(=O)c1cc(I)ccc1F)c1ccccc1F)c1cc2sccc2[nH]1. The molecule has 2 amide bonds. The molecule has 9 heteroatoms. The van der Waals surface area contributed by atoms with Crippen LogP contribution in [0.2, 0.25) is 0 Å². The van der Waals surface area contributed by atoms with Gasteiger partial charge in [0, 0.05) is 15.7 Å². The Labute approximate surface area is 194 Å². The fourth-order valence-corrected chi connectivity index (χ4v) is 4.44. The van der Waals surface area contributed by atoms with E-state index in [1.165, 1.54) is 41.7 Å². The molecule has 0 spiro atoms. The standard InChI is InChI=1S/C22H16F2IN3O2S/c23-15-4-2-1-3-13(15)19(28-21(29)14-9-12(25)5-6-16(14)24)11-26-22(30)18-10-20-17(27-18)7-8-31-20/h1-10,19,27H,11H2,(H,26,30)(H,28,29). The molecule has 31 heavy (non-hydrogen) atoms. The second-order valence-corrected chi connectivity index (χ2v) is 8.96. The molecule has 0 saturated heterocycles. The van der Waals surface area contributed by atoms with E-state index in [0.29, 0.717) is 9.26 Å². The van der Waals surface area contributed by atoms with E-state index >= 15 is 0 Å². The fraction of sp³-hybridized carbons (Fsp3) is 0.0909. The number of hydrogen-bond donors (Lipinski definition) is 3. The highest BCUT2D eigenvalue weighted by molar-refractivity contribution is 14.1. The van der Waals surface area contributed by atoms with Gasteiger partial charge < -0.3 is 15.6 Å². The Kier molecular flexibility index (Phi) is 6.33. The summed E-state index contributed by atoms with van der Waals surface area (Å²) < 4.78 is 30.2. The van der Waals surface area contributed by atoms with Crippen LogP contribution in [0.25, 0.3) is 10.2 Å². The van der Waals surface area contributed by atoms with Gasteiger partial charge in [-0.15, -0.1) is 11.3 Å². The Hall–Kier alpha value is -2.79. The highest BCUT2D eigenvalue weighted by atomic mass is 127. The van der Waals surface area contributed by atoms with Crippen molar-refractivity contribution in [3.8, 4) is 0 Å². The first-order chi connectivity index (χ1) is 14.9. The second-order valence-electron chi connectivity index (χ2n) is 6.76. The van der Waals surface area contributed by atoms with Gasteiger partial charge in [-0.2, -0.15) is 0 Å². The molecule has 2 heterocycles. The van der Waals surface area contributed by atoms with Crippen molar-refractivity contribution in [2.24, 2.45) is 0 Å². The van der Waals surface area contributed by atoms with E-state index in [1.54, 1.807) is 18.2 Å². The zero-order valence-electron chi connectivity index (χ0n) is 15.9. The van der Waals surface area contributed by atoms with Crippen molar-refractivity contribution in [3.05, 3.63) is 92.0 Å². The maximum atomic E-state index is 14.4. The Morgan fingerprint density at radius 2 is 1.84 bits per heavy atom. The number of aromatic amines is 1. The van der Waals surface area contributed by atoms with Crippen molar-refractivity contribution in [1.29, 1.82) is 0 Å². The maximum absolute atomic E-state index is 14.4.